The average Bonchev–Trinajstić information content (AvgIpc) is 2.64. The lowest BCUT2D eigenvalue weighted by Gasteiger charge is -2.30. The normalized spacial score (nSPS) is 18.0. The van der Waals surface area contributed by atoms with Gasteiger partial charge in [-0.1, -0.05) is 60.4 Å². The second-order valence-electron chi connectivity index (χ2n) is 6.36. The highest BCUT2D eigenvalue weighted by Crippen LogP contribution is 2.43. The van der Waals surface area contributed by atoms with E-state index in [1.807, 2.05) is 12.2 Å². The van der Waals surface area contributed by atoms with Crippen LogP contribution in [0.4, 0.5) is 0 Å². The molecule has 1 heterocycles. The number of hydrogen-bond donors (Lipinski definition) is 1. The molecule has 0 saturated carbocycles. The van der Waals surface area contributed by atoms with Crippen molar-refractivity contribution in [1.82, 2.24) is 14.8 Å². The van der Waals surface area contributed by atoms with Crippen LogP contribution in [0.2, 0.25) is 0 Å². The summed E-state index contributed by atoms with van der Waals surface area (Å²) in [5.74, 6) is 0.447. The highest BCUT2D eigenvalue weighted by Gasteiger charge is 2.29. The van der Waals surface area contributed by atoms with Gasteiger partial charge in [-0.3, -0.25) is 9.78 Å². The van der Waals surface area contributed by atoms with Crippen LogP contribution in [0.25, 0.3) is 5.70 Å². The zero-order valence-electron chi connectivity index (χ0n) is 14.8. The van der Waals surface area contributed by atoms with Gasteiger partial charge in [-0.05, 0) is 57.9 Å². The van der Waals surface area contributed by atoms with Crippen LogP contribution in [-0.4, -0.2) is 19.2 Å². The highest BCUT2D eigenvalue weighted by atomic mass is 127. The van der Waals surface area contributed by atoms with Crippen molar-refractivity contribution in [2.45, 2.75) is 19.3 Å². The van der Waals surface area contributed by atoms with E-state index in [4.69, 9.17) is 0 Å². The number of aromatic nitrogens is 3. The fourth-order valence-corrected chi connectivity index (χ4v) is 5.38. The Hall–Kier alpha value is -1.49. The van der Waals surface area contributed by atoms with Crippen molar-refractivity contribution in [3.8, 4) is 0 Å². The smallest absolute Gasteiger partial charge is 0.271 e. The Bertz CT molecular complexity index is 1030. The predicted octanol–water partition coefficient (Wildman–Crippen LogP) is 4.06. The zero-order valence-corrected chi connectivity index (χ0v) is 19.1. The number of aromatic amines is 1. The van der Waals surface area contributed by atoms with Crippen LogP contribution in [0.3, 0.4) is 0 Å². The Morgan fingerprint density at radius 3 is 2.52 bits per heavy atom. The summed E-state index contributed by atoms with van der Waals surface area (Å²) in [6.07, 6.45) is 5.93. The van der Waals surface area contributed by atoms with E-state index in [0.29, 0.717) is 11.6 Å². The first-order valence-corrected chi connectivity index (χ1v) is 11.2. The Labute approximate surface area is 184 Å². The molecule has 2 unspecified atom stereocenters. The minimum atomic E-state index is -0.555. The molecule has 27 heavy (non-hydrogen) atoms. The summed E-state index contributed by atoms with van der Waals surface area (Å²) in [6, 6.07) is 8.77. The molecule has 140 valence electrons. The Morgan fingerprint density at radius 1 is 1.26 bits per heavy atom. The van der Waals surface area contributed by atoms with Gasteiger partial charge >= 0.3 is 5.69 Å². The molecule has 0 saturated heterocycles. The van der Waals surface area contributed by atoms with Crippen molar-refractivity contribution in [2.24, 2.45) is 5.92 Å². The van der Waals surface area contributed by atoms with Crippen molar-refractivity contribution in [1.29, 1.82) is 0 Å². The second-order valence-corrected chi connectivity index (χ2v) is 8.48. The molecule has 1 aromatic carbocycles. The molecular formula is C20H19I2N3O2. The van der Waals surface area contributed by atoms with Gasteiger partial charge in [0.05, 0.1) is 5.70 Å². The van der Waals surface area contributed by atoms with Crippen molar-refractivity contribution in [2.75, 3.05) is 4.43 Å². The molecule has 0 radical (unpaired) electrons. The maximum absolute atomic E-state index is 12.0. The molecular weight excluding hydrogens is 568 g/mol. The van der Waals surface area contributed by atoms with Crippen LogP contribution in [-0.2, 0) is 6.42 Å². The molecule has 5 nitrogen and oxygen atoms in total. The van der Waals surface area contributed by atoms with Crippen LogP contribution >= 0.6 is 45.2 Å². The molecule has 0 aliphatic heterocycles. The fourth-order valence-electron chi connectivity index (χ4n) is 3.21. The number of rotatable bonds is 5. The summed E-state index contributed by atoms with van der Waals surface area (Å²) in [4.78, 5) is 25.5. The molecule has 0 spiro atoms. The molecule has 1 aliphatic carbocycles. The lowest BCUT2D eigenvalue weighted by atomic mass is 9.80. The van der Waals surface area contributed by atoms with Gasteiger partial charge in [0.15, 0.2) is 0 Å². The van der Waals surface area contributed by atoms with Crippen LogP contribution in [0, 0.1) is 5.92 Å². The van der Waals surface area contributed by atoms with Crippen LogP contribution in [0.15, 0.2) is 67.9 Å². The third-order valence-corrected chi connectivity index (χ3v) is 6.59. The van der Waals surface area contributed by atoms with Crippen LogP contribution in [0.5, 0.6) is 0 Å². The molecule has 0 bridgehead atoms. The van der Waals surface area contributed by atoms with Gasteiger partial charge < -0.3 is 0 Å². The largest absolute Gasteiger partial charge is 0.349 e. The Kier molecular flexibility index (Phi) is 6.51. The van der Waals surface area contributed by atoms with E-state index in [9.17, 15) is 9.59 Å². The maximum Gasteiger partial charge on any atom is 0.349 e. The summed E-state index contributed by atoms with van der Waals surface area (Å²) in [5.41, 5.74) is 3.08. The number of H-pyrrole nitrogens is 1. The number of nitrogens with zero attached hydrogens (tertiary/aromatic N) is 2. The van der Waals surface area contributed by atoms with E-state index in [1.54, 1.807) is 0 Å². The first kappa shape index (κ1) is 20.2. The molecule has 2 atom stereocenters. The summed E-state index contributed by atoms with van der Waals surface area (Å²) >= 11 is 4.73. The molecule has 3 rings (SSSR count). The molecule has 0 amide bonds. The predicted molar refractivity (Wildman–Crippen MR) is 126 cm³/mol. The number of halogens is 2. The maximum atomic E-state index is 12.0. The van der Waals surface area contributed by atoms with Crippen LogP contribution in [0.1, 0.15) is 24.0 Å². The van der Waals surface area contributed by atoms with Crippen molar-refractivity contribution in [3.63, 3.8) is 0 Å². The number of benzene rings is 1. The standard InChI is InChI=1S/C20H19I2N3O2/c1-3-13-4-6-14(7-5-13)16(10-21)19-12(2)8-15(9-17(19)22)25-20(27)24-18(26)11-23-25/h4-9,11,16,19H,2-3,10H2,1H3,(H,24,26,27). The molecule has 1 N–H and O–H groups in total. The topological polar surface area (TPSA) is 67.8 Å². The Balaban J connectivity index is 1.95. The monoisotopic (exact) mass is 587 g/mol. The minimum Gasteiger partial charge on any atom is -0.271 e. The molecule has 7 heteroatoms. The van der Waals surface area contributed by atoms with Crippen molar-refractivity contribution >= 4 is 50.9 Å². The second kappa shape index (κ2) is 8.68. The number of alkyl halides is 1. The van der Waals surface area contributed by atoms with E-state index in [-0.39, 0.29) is 5.92 Å². The summed E-state index contributed by atoms with van der Waals surface area (Å²) in [6.45, 7) is 6.41. The first-order chi connectivity index (χ1) is 12.9. The fraction of sp³-hybridized carbons (Fsp3) is 0.250. The van der Waals surface area contributed by atoms with E-state index in [1.165, 1.54) is 15.8 Å². The van der Waals surface area contributed by atoms with E-state index in [2.05, 4.69) is 93.0 Å². The van der Waals surface area contributed by atoms with Crippen LogP contribution < -0.4 is 11.2 Å². The van der Waals surface area contributed by atoms with Crippen molar-refractivity contribution < 1.29 is 0 Å². The number of aryl methyl sites for hydroxylation is 1. The van der Waals surface area contributed by atoms with Gasteiger partial charge in [-0.15, -0.1) is 0 Å². The number of hydrogen-bond acceptors (Lipinski definition) is 3. The first-order valence-electron chi connectivity index (χ1n) is 8.56. The van der Waals surface area contributed by atoms with E-state index in [0.717, 1.165) is 26.2 Å². The lowest BCUT2D eigenvalue weighted by molar-refractivity contribution is 0.634. The zero-order chi connectivity index (χ0) is 19.6. The Morgan fingerprint density at radius 2 is 1.96 bits per heavy atom. The molecule has 2 aromatic rings. The number of nitrogens with one attached hydrogen (secondary N) is 1. The van der Waals surface area contributed by atoms with Gasteiger partial charge in [0.1, 0.15) is 6.20 Å². The summed E-state index contributed by atoms with van der Waals surface area (Å²) < 4.78 is 3.24. The van der Waals surface area contributed by atoms with E-state index < -0.39 is 11.2 Å². The highest BCUT2D eigenvalue weighted by molar-refractivity contribution is 14.1. The summed E-state index contributed by atoms with van der Waals surface area (Å²) in [5, 5.41) is 3.94. The SMILES string of the molecule is C=C1C=C(n2ncc(=O)[nH]c2=O)C=C(I)C1C(CI)c1ccc(CC)cc1. The molecule has 1 aliphatic rings. The van der Waals surface area contributed by atoms with Gasteiger partial charge in [0.25, 0.3) is 5.56 Å². The van der Waals surface area contributed by atoms with Gasteiger partial charge in [0, 0.05) is 19.8 Å². The third-order valence-electron chi connectivity index (χ3n) is 4.66. The van der Waals surface area contributed by atoms with Gasteiger partial charge in [-0.2, -0.15) is 9.78 Å². The molecule has 1 aromatic heterocycles. The van der Waals surface area contributed by atoms with Crippen molar-refractivity contribution in [3.05, 3.63) is 90.3 Å². The van der Waals surface area contributed by atoms with E-state index >= 15 is 0 Å². The van der Waals surface area contributed by atoms with Gasteiger partial charge in [-0.25, -0.2) is 4.79 Å². The summed E-state index contributed by atoms with van der Waals surface area (Å²) in [7, 11) is 0. The van der Waals surface area contributed by atoms with Gasteiger partial charge in [0.2, 0.25) is 0 Å². The minimum absolute atomic E-state index is 0.150. The third kappa shape index (κ3) is 4.34. The number of allylic oxidation sites excluding steroid dienone is 5. The molecule has 0 fully saturated rings. The quantitative estimate of drug-likeness (QED) is 0.424. The lowest BCUT2D eigenvalue weighted by Crippen LogP contribution is -2.31. The average molecular weight is 587 g/mol.